The van der Waals surface area contributed by atoms with Crippen molar-refractivity contribution in [2.75, 3.05) is 11.9 Å². The Kier molecular flexibility index (Phi) is 3.76. The van der Waals surface area contributed by atoms with E-state index in [0.717, 1.165) is 19.4 Å². The molecule has 0 bridgehead atoms. The molecule has 8 heteroatoms. The van der Waals surface area contributed by atoms with E-state index < -0.39 is 5.91 Å². The number of anilines is 1. The molecule has 2 heterocycles. The molecule has 1 atom stereocenters. The Labute approximate surface area is 125 Å². The minimum atomic E-state index is -0.438. The van der Waals surface area contributed by atoms with Crippen LogP contribution in [0.1, 0.15) is 35.1 Å². The van der Waals surface area contributed by atoms with Gasteiger partial charge < -0.3 is 14.8 Å². The molecule has 110 valence electrons. The summed E-state index contributed by atoms with van der Waals surface area (Å²) in [5.74, 6) is -0.0568. The van der Waals surface area contributed by atoms with E-state index in [1.165, 1.54) is 18.2 Å². The number of halogens is 1. The fourth-order valence-electron chi connectivity index (χ4n) is 2.14. The van der Waals surface area contributed by atoms with Crippen molar-refractivity contribution >= 4 is 23.5 Å². The van der Waals surface area contributed by atoms with Gasteiger partial charge in [-0.25, -0.2) is 0 Å². The number of aromatic nitrogens is 2. The molecular formula is C13H13ClN4O3. The summed E-state index contributed by atoms with van der Waals surface area (Å²) in [5, 5.41) is 22.9. The fraction of sp³-hybridized carbons (Fsp3) is 0.308. The van der Waals surface area contributed by atoms with Crippen LogP contribution in [0.15, 0.2) is 22.6 Å². The predicted molar refractivity (Wildman–Crippen MR) is 75.3 cm³/mol. The standard InChI is InChI=1S/C13H13ClN4O3/c14-8-6-7(3-4-10(8)19)11(20)16-13-18-17-12(21-13)9-2-1-5-15-9/h3-4,6,9,15,19H,1-2,5H2,(H,16,18,20). The number of carbonyl (C=O) groups excluding carboxylic acids is 1. The monoisotopic (exact) mass is 308 g/mol. The van der Waals surface area contributed by atoms with Gasteiger partial charge in [-0.2, -0.15) is 0 Å². The smallest absolute Gasteiger partial charge is 0.322 e. The van der Waals surface area contributed by atoms with E-state index in [9.17, 15) is 9.90 Å². The van der Waals surface area contributed by atoms with Crippen molar-refractivity contribution in [2.24, 2.45) is 0 Å². The summed E-state index contributed by atoms with van der Waals surface area (Å²) in [6.45, 7) is 0.917. The van der Waals surface area contributed by atoms with Gasteiger partial charge in [-0.3, -0.25) is 10.1 Å². The first kappa shape index (κ1) is 13.8. The first-order valence-electron chi connectivity index (χ1n) is 6.50. The first-order valence-corrected chi connectivity index (χ1v) is 6.88. The lowest BCUT2D eigenvalue weighted by Crippen LogP contribution is -2.13. The third-order valence-electron chi connectivity index (χ3n) is 3.23. The summed E-state index contributed by atoms with van der Waals surface area (Å²) in [4.78, 5) is 12.0. The van der Waals surface area contributed by atoms with E-state index in [1.807, 2.05) is 0 Å². The molecule has 1 saturated heterocycles. The summed E-state index contributed by atoms with van der Waals surface area (Å²) in [6.07, 6.45) is 1.99. The number of phenols is 1. The third kappa shape index (κ3) is 2.98. The van der Waals surface area contributed by atoms with E-state index in [0.29, 0.717) is 5.89 Å². The second-order valence-corrected chi connectivity index (χ2v) is 5.12. The van der Waals surface area contributed by atoms with Crippen LogP contribution in [0.5, 0.6) is 5.75 Å². The van der Waals surface area contributed by atoms with Gasteiger partial charge in [0.2, 0.25) is 5.89 Å². The number of hydrogen-bond donors (Lipinski definition) is 3. The highest BCUT2D eigenvalue weighted by molar-refractivity contribution is 6.32. The van der Waals surface area contributed by atoms with Gasteiger partial charge in [-0.15, -0.1) is 5.10 Å². The molecule has 0 saturated carbocycles. The van der Waals surface area contributed by atoms with Crippen LogP contribution < -0.4 is 10.6 Å². The first-order chi connectivity index (χ1) is 10.1. The lowest BCUT2D eigenvalue weighted by atomic mass is 10.2. The Morgan fingerprint density at radius 3 is 3.05 bits per heavy atom. The Balaban J connectivity index is 1.70. The molecule has 0 aliphatic carbocycles. The molecule has 1 aromatic heterocycles. The summed E-state index contributed by atoms with van der Waals surface area (Å²) < 4.78 is 5.41. The molecule has 2 aromatic rings. The van der Waals surface area contributed by atoms with Gasteiger partial charge in [-0.05, 0) is 37.6 Å². The zero-order chi connectivity index (χ0) is 14.8. The van der Waals surface area contributed by atoms with Crippen LogP contribution in [0, 0.1) is 0 Å². The van der Waals surface area contributed by atoms with Crippen molar-refractivity contribution in [3.8, 4) is 5.75 Å². The maximum absolute atomic E-state index is 12.0. The number of aromatic hydroxyl groups is 1. The zero-order valence-electron chi connectivity index (χ0n) is 11.0. The van der Waals surface area contributed by atoms with Crippen molar-refractivity contribution < 1.29 is 14.3 Å². The molecule has 1 aliphatic heterocycles. The molecule has 1 fully saturated rings. The van der Waals surface area contributed by atoms with Gasteiger partial charge in [0.1, 0.15) is 5.75 Å². The highest BCUT2D eigenvalue weighted by Gasteiger charge is 2.22. The Morgan fingerprint density at radius 1 is 1.48 bits per heavy atom. The van der Waals surface area contributed by atoms with Gasteiger partial charge >= 0.3 is 6.01 Å². The van der Waals surface area contributed by atoms with E-state index in [4.69, 9.17) is 16.0 Å². The van der Waals surface area contributed by atoms with Crippen molar-refractivity contribution in [1.29, 1.82) is 0 Å². The van der Waals surface area contributed by atoms with E-state index in [1.54, 1.807) is 0 Å². The minimum Gasteiger partial charge on any atom is -0.506 e. The molecule has 7 nitrogen and oxygen atoms in total. The van der Waals surface area contributed by atoms with Crippen LogP contribution in [-0.2, 0) is 0 Å². The van der Waals surface area contributed by atoms with Crippen LogP contribution in [0.25, 0.3) is 0 Å². The number of rotatable bonds is 3. The van der Waals surface area contributed by atoms with E-state index in [2.05, 4.69) is 20.8 Å². The summed E-state index contributed by atoms with van der Waals surface area (Å²) in [7, 11) is 0. The fourth-order valence-corrected chi connectivity index (χ4v) is 2.32. The molecule has 21 heavy (non-hydrogen) atoms. The van der Waals surface area contributed by atoms with Crippen molar-refractivity contribution in [2.45, 2.75) is 18.9 Å². The molecule has 1 aliphatic rings. The summed E-state index contributed by atoms with van der Waals surface area (Å²) >= 11 is 5.76. The average Bonchev–Trinajstić information content (AvgIpc) is 3.12. The topological polar surface area (TPSA) is 100 Å². The maximum Gasteiger partial charge on any atom is 0.322 e. The van der Waals surface area contributed by atoms with E-state index in [-0.39, 0.29) is 28.4 Å². The Morgan fingerprint density at radius 2 is 2.33 bits per heavy atom. The molecule has 3 rings (SSSR count). The molecular weight excluding hydrogens is 296 g/mol. The van der Waals surface area contributed by atoms with Gasteiger partial charge in [0, 0.05) is 5.56 Å². The number of nitrogens with zero attached hydrogens (tertiary/aromatic N) is 2. The second kappa shape index (κ2) is 5.71. The van der Waals surface area contributed by atoms with Crippen molar-refractivity contribution in [1.82, 2.24) is 15.5 Å². The van der Waals surface area contributed by atoms with Crippen LogP contribution in [-0.4, -0.2) is 27.8 Å². The molecule has 0 spiro atoms. The van der Waals surface area contributed by atoms with Crippen molar-refractivity contribution in [3.63, 3.8) is 0 Å². The average molecular weight is 309 g/mol. The Hall–Kier alpha value is -2.12. The number of phenolic OH excluding ortho intramolecular Hbond substituents is 1. The third-order valence-corrected chi connectivity index (χ3v) is 3.53. The van der Waals surface area contributed by atoms with Crippen LogP contribution >= 0.6 is 11.6 Å². The molecule has 0 radical (unpaired) electrons. The SMILES string of the molecule is O=C(Nc1nnc(C2CCCN2)o1)c1ccc(O)c(Cl)c1. The van der Waals surface area contributed by atoms with Gasteiger partial charge in [0.15, 0.2) is 0 Å². The number of carbonyl (C=O) groups is 1. The van der Waals surface area contributed by atoms with Crippen molar-refractivity contribution in [3.05, 3.63) is 34.7 Å². The van der Waals surface area contributed by atoms with E-state index >= 15 is 0 Å². The number of hydrogen-bond acceptors (Lipinski definition) is 6. The van der Waals surface area contributed by atoms with Crippen LogP contribution in [0.3, 0.4) is 0 Å². The van der Waals surface area contributed by atoms with Gasteiger partial charge in [0.25, 0.3) is 5.91 Å². The second-order valence-electron chi connectivity index (χ2n) is 4.71. The minimum absolute atomic E-state index is 0.0351. The molecule has 1 aromatic carbocycles. The van der Waals surface area contributed by atoms with Crippen LogP contribution in [0.4, 0.5) is 6.01 Å². The predicted octanol–water partition coefficient (Wildman–Crippen LogP) is 2.11. The summed E-state index contributed by atoms with van der Waals surface area (Å²) in [6, 6.07) is 4.24. The highest BCUT2D eigenvalue weighted by atomic mass is 35.5. The normalized spacial score (nSPS) is 17.9. The quantitative estimate of drug-likeness (QED) is 0.803. The number of benzene rings is 1. The highest BCUT2D eigenvalue weighted by Crippen LogP contribution is 2.25. The number of nitrogens with one attached hydrogen (secondary N) is 2. The lowest BCUT2D eigenvalue weighted by Gasteiger charge is -2.03. The molecule has 1 amide bonds. The summed E-state index contributed by atoms with van der Waals surface area (Å²) in [5.41, 5.74) is 0.288. The largest absolute Gasteiger partial charge is 0.506 e. The van der Waals surface area contributed by atoms with Gasteiger partial charge in [-0.1, -0.05) is 16.7 Å². The molecule has 1 unspecified atom stereocenters. The number of amides is 1. The Bertz CT molecular complexity index is 667. The van der Waals surface area contributed by atoms with Crippen LogP contribution in [0.2, 0.25) is 5.02 Å². The maximum atomic E-state index is 12.0. The lowest BCUT2D eigenvalue weighted by molar-refractivity contribution is 0.102. The molecule has 3 N–H and O–H groups in total. The zero-order valence-corrected chi connectivity index (χ0v) is 11.7. The van der Waals surface area contributed by atoms with Gasteiger partial charge in [0.05, 0.1) is 11.1 Å².